The molecule has 0 aliphatic carbocycles. The first-order valence-corrected chi connectivity index (χ1v) is 17.4. The van der Waals surface area contributed by atoms with Crippen LogP contribution in [0.4, 0.5) is 0 Å². The molecule has 0 spiro atoms. The summed E-state index contributed by atoms with van der Waals surface area (Å²) >= 11 is 1.86. The quantitative estimate of drug-likeness (QED) is 0.185. The lowest BCUT2D eigenvalue weighted by molar-refractivity contribution is 0.669. The smallest absolute Gasteiger partial charge is 0.164 e. The van der Waals surface area contributed by atoms with Crippen LogP contribution in [0.25, 0.3) is 98.5 Å². The van der Waals surface area contributed by atoms with E-state index in [1.54, 1.807) is 0 Å². The molecule has 234 valence electrons. The number of rotatable bonds is 5. The van der Waals surface area contributed by atoms with Crippen molar-refractivity contribution in [2.24, 2.45) is 0 Å². The monoisotopic (exact) mass is 657 g/mol. The van der Waals surface area contributed by atoms with Gasteiger partial charge in [-0.15, -0.1) is 11.3 Å². The minimum atomic E-state index is 0.605. The van der Waals surface area contributed by atoms with E-state index in [0.29, 0.717) is 17.5 Å². The van der Waals surface area contributed by atoms with Gasteiger partial charge >= 0.3 is 0 Å². The summed E-state index contributed by atoms with van der Waals surface area (Å²) in [5.74, 6) is 1.86. The van der Waals surface area contributed by atoms with Crippen molar-refractivity contribution in [1.82, 2.24) is 15.0 Å². The number of benzene rings is 7. The summed E-state index contributed by atoms with van der Waals surface area (Å²) in [6, 6.07) is 56.8. The van der Waals surface area contributed by atoms with Crippen molar-refractivity contribution in [1.29, 1.82) is 0 Å². The molecule has 3 heterocycles. The molecule has 10 rings (SSSR count). The van der Waals surface area contributed by atoms with Crippen LogP contribution in [0.3, 0.4) is 0 Å². The Bertz CT molecular complexity index is 2800. The van der Waals surface area contributed by atoms with Gasteiger partial charge in [-0.1, -0.05) is 127 Å². The van der Waals surface area contributed by atoms with E-state index < -0.39 is 0 Å². The number of fused-ring (bicyclic) bond motifs is 6. The van der Waals surface area contributed by atoms with Crippen LogP contribution in [-0.2, 0) is 0 Å². The SMILES string of the molecule is c1ccc(-c2nc(-c3ccccc3)nc(-c3cccc4oc5ccc(-c6cc(-c7ccccc7)c7sc8ccccc8c7c6)cc5c34)n2)cc1. The average Bonchev–Trinajstić information content (AvgIpc) is 3.76. The van der Waals surface area contributed by atoms with Gasteiger partial charge in [-0.05, 0) is 53.1 Å². The van der Waals surface area contributed by atoms with Crippen molar-refractivity contribution in [3.63, 3.8) is 0 Å². The number of aromatic nitrogens is 3. The molecule has 0 atom stereocenters. The fourth-order valence-electron chi connectivity index (χ4n) is 6.95. The van der Waals surface area contributed by atoms with Crippen LogP contribution in [0, 0.1) is 0 Å². The highest BCUT2D eigenvalue weighted by Gasteiger charge is 2.19. The normalized spacial score (nSPS) is 11.6. The van der Waals surface area contributed by atoms with E-state index in [-0.39, 0.29) is 0 Å². The summed E-state index contributed by atoms with van der Waals surface area (Å²) in [7, 11) is 0. The summed E-state index contributed by atoms with van der Waals surface area (Å²) in [6.07, 6.45) is 0. The molecule has 50 heavy (non-hydrogen) atoms. The van der Waals surface area contributed by atoms with Gasteiger partial charge < -0.3 is 4.42 Å². The molecule has 0 unspecified atom stereocenters. The van der Waals surface area contributed by atoms with E-state index in [2.05, 4.69) is 91.0 Å². The maximum absolute atomic E-state index is 6.47. The molecule has 0 saturated carbocycles. The highest BCUT2D eigenvalue weighted by molar-refractivity contribution is 7.26. The van der Waals surface area contributed by atoms with Crippen LogP contribution in [0.15, 0.2) is 168 Å². The zero-order valence-corrected chi connectivity index (χ0v) is 27.6. The Morgan fingerprint density at radius 1 is 0.380 bits per heavy atom. The van der Waals surface area contributed by atoms with Gasteiger partial charge in [0.1, 0.15) is 11.2 Å². The first-order valence-electron chi connectivity index (χ1n) is 16.6. The van der Waals surface area contributed by atoms with Crippen molar-refractivity contribution in [2.45, 2.75) is 0 Å². The summed E-state index contributed by atoms with van der Waals surface area (Å²) < 4.78 is 9.07. The van der Waals surface area contributed by atoms with Crippen molar-refractivity contribution < 1.29 is 4.42 Å². The van der Waals surface area contributed by atoms with E-state index in [1.165, 1.54) is 31.3 Å². The number of nitrogens with zero attached hydrogens (tertiary/aromatic N) is 3. The Kier molecular flexibility index (Phi) is 6.64. The van der Waals surface area contributed by atoms with Crippen molar-refractivity contribution >= 4 is 53.4 Å². The molecule has 0 aliphatic rings. The summed E-state index contributed by atoms with van der Waals surface area (Å²) in [5.41, 5.74) is 9.12. The molecule has 0 aliphatic heterocycles. The maximum atomic E-state index is 6.47. The van der Waals surface area contributed by atoms with Crippen LogP contribution >= 0.6 is 11.3 Å². The third kappa shape index (κ3) is 4.79. The average molecular weight is 658 g/mol. The molecule has 10 aromatic rings. The largest absolute Gasteiger partial charge is 0.456 e. The second kappa shape index (κ2) is 11.6. The Hall–Kier alpha value is -6.43. The Labute approximate surface area is 292 Å². The fraction of sp³-hybridized carbons (Fsp3) is 0. The lowest BCUT2D eigenvalue weighted by Crippen LogP contribution is -2.00. The predicted octanol–water partition coefficient (Wildman–Crippen LogP) is 12.5. The lowest BCUT2D eigenvalue weighted by atomic mass is 9.95. The molecule has 0 radical (unpaired) electrons. The van der Waals surface area contributed by atoms with Crippen LogP contribution in [0.5, 0.6) is 0 Å². The second-order valence-corrected chi connectivity index (χ2v) is 13.4. The van der Waals surface area contributed by atoms with E-state index in [4.69, 9.17) is 19.4 Å². The Morgan fingerprint density at radius 3 is 1.72 bits per heavy atom. The number of furan rings is 1. The fourth-order valence-corrected chi connectivity index (χ4v) is 8.17. The first kappa shape index (κ1) is 28.6. The van der Waals surface area contributed by atoms with Crippen LogP contribution in [0.2, 0.25) is 0 Å². The van der Waals surface area contributed by atoms with Gasteiger partial charge in [0.2, 0.25) is 0 Å². The summed E-state index contributed by atoms with van der Waals surface area (Å²) in [5, 5.41) is 4.56. The third-order valence-corrected chi connectivity index (χ3v) is 10.6. The van der Waals surface area contributed by atoms with Crippen molar-refractivity contribution in [3.05, 3.63) is 164 Å². The van der Waals surface area contributed by atoms with Gasteiger partial charge in [-0.2, -0.15) is 0 Å². The highest BCUT2D eigenvalue weighted by atomic mass is 32.1. The van der Waals surface area contributed by atoms with Crippen LogP contribution < -0.4 is 0 Å². The van der Waals surface area contributed by atoms with Crippen LogP contribution in [0.1, 0.15) is 0 Å². The van der Waals surface area contributed by atoms with Gasteiger partial charge in [0, 0.05) is 53.2 Å². The van der Waals surface area contributed by atoms with E-state index in [0.717, 1.165) is 49.8 Å². The van der Waals surface area contributed by atoms with Gasteiger partial charge in [-0.25, -0.2) is 15.0 Å². The topological polar surface area (TPSA) is 51.8 Å². The van der Waals surface area contributed by atoms with Crippen molar-refractivity contribution in [3.8, 4) is 56.4 Å². The lowest BCUT2D eigenvalue weighted by Gasteiger charge is -2.10. The molecule has 0 bridgehead atoms. The van der Waals surface area contributed by atoms with E-state index in [1.807, 2.05) is 84.1 Å². The molecular formula is C45H27N3OS. The summed E-state index contributed by atoms with van der Waals surface area (Å²) in [6.45, 7) is 0. The molecule has 5 heteroatoms. The van der Waals surface area contributed by atoms with E-state index in [9.17, 15) is 0 Å². The highest BCUT2D eigenvalue weighted by Crippen LogP contribution is 2.44. The molecule has 7 aromatic carbocycles. The molecule has 0 amide bonds. The first-order chi connectivity index (χ1) is 24.8. The summed E-state index contributed by atoms with van der Waals surface area (Å²) in [4.78, 5) is 15.0. The van der Waals surface area contributed by atoms with Crippen LogP contribution in [-0.4, -0.2) is 15.0 Å². The Morgan fingerprint density at radius 2 is 1.00 bits per heavy atom. The second-order valence-electron chi connectivity index (χ2n) is 12.4. The van der Waals surface area contributed by atoms with Gasteiger partial charge in [-0.3, -0.25) is 0 Å². The zero-order chi connectivity index (χ0) is 33.0. The van der Waals surface area contributed by atoms with Crippen molar-refractivity contribution in [2.75, 3.05) is 0 Å². The zero-order valence-electron chi connectivity index (χ0n) is 26.7. The third-order valence-electron chi connectivity index (χ3n) is 9.33. The van der Waals surface area contributed by atoms with E-state index >= 15 is 0 Å². The molecule has 0 N–H and O–H groups in total. The van der Waals surface area contributed by atoms with Gasteiger partial charge in [0.25, 0.3) is 0 Å². The maximum Gasteiger partial charge on any atom is 0.164 e. The molecule has 4 nitrogen and oxygen atoms in total. The molecule has 0 saturated heterocycles. The molecule has 0 fully saturated rings. The number of thiophene rings is 1. The molecular weight excluding hydrogens is 631 g/mol. The minimum absolute atomic E-state index is 0.605. The minimum Gasteiger partial charge on any atom is -0.456 e. The standard InChI is InChI=1S/C45H27N3OS/c1-4-13-28(14-5-1)35-26-32(27-36-33-19-10-11-22-40(33)50-42(35)36)31-23-24-38-37(25-31)41-34(20-12-21-39(41)49-38)45-47-43(29-15-6-2-7-16-29)46-44(48-45)30-17-8-3-9-18-30/h1-27H. The Balaban J connectivity index is 1.20. The molecule has 3 aromatic heterocycles. The van der Waals surface area contributed by atoms with Gasteiger partial charge in [0.05, 0.1) is 0 Å². The number of hydrogen-bond donors (Lipinski definition) is 0. The van der Waals surface area contributed by atoms with Gasteiger partial charge in [0.15, 0.2) is 17.5 Å². The predicted molar refractivity (Wildman–Crippen MR) is 207 cm³/mol. The number of hydrogen-bond acceptors (Lipinski definition) is 5.